The Bertz CT molecular complexity index is 3400. The van der Waals surface area contributed by atoms with E-state index >= 15 is 0 Å². The van der Waals surface area contributed by atoms with E-state index in [1.165, 1.54) is 137 Å². The zero-order valence-corrected chi connectivity index (χ0v) is 49.8. The van der Waals surface area contributed by atoms with Crippen molar-refractivity contribution in [2.45, 2.75) is 207 Å². The van der Waals surface area contributed by atoms with Crippen molar-refractivity contribution in [2.75, 3.05) is 14.7 Å². The summed E-state index contributed by atoms with van der Waals surface area (Å²) in [7, 11) is 0. The Hall–Kier alpha value is -5.26. The molecule has 75 heavy (non-hydrogen) atoms. The maximum atomic E-state index is 2.94. The van der Waals surface area contributed by atoms with Crippen LogP contribution < -0.4 is 30.4 Å². The highest BCUT2D eigenvalue weighted by Crippen LogP contribution is 2.63. The minimum atomic E-state index is -0.125. The summed E-state index contributed by atoms with van der Waals surface area (Å²) in [5, 5.41) is 1.39. The van der Waals surface area contributed by atoms with Crippen LogP contribution in [0.2, 0.25) is 0 Å². The largest absolute Gasteiger partial charge is 0.335 e. The summed E-state index contributed by atoms with van der Waals surface area (Å²) in [6.45, 7) is 43.6. The number of anilines is 8. The molecule has 2 atom stereocenters. The number of hydrogen-bond donors (Lipinski definition) is 0. The average molecular weight is 1010 g/mol. The molecule has 1 saturated carbocycles. The number of rotatable bonds is 4. The van der Waals surface area contributed by atoms with E-state index in [1.54, 1.807) is 5.56 Å². The SMILES string of the molecule is CC(C)(C)c1ccc(N(c2ccc(C(C)(C)C)cc2)c2cc3c4c(c2)N2c5c(cc(C(C)(C)C)cc5C5(C)CCCCC25C)B4c2sc4cc5c(cc4c2N3c2ccc(C(C)(C)C)cc2)C(C)(C)CCC5(C)C)cc1. The Kier molecular flexibility index (Phi) is 10.9. The summed E-state index contributed by atoms with van der Waals surface area (Å²) in [6.07, 6.45) is 7.22. The van der Waals surface area contributed by atoms with Gasteiger partial charge in [0.2, 0.25) is 0 Å². The van der Waals surface area contributed by atoms with Gasteiger partial charge in [-0.25, -0.2) is 0 Å². The fourth-order valence-corrected chi connectivity index (χ4v) is 15.8. The Morgan fingerprint density at radius 1 is 0.480 bits per heavy atom. The fraction of sp³-hybridized carbons (Fsp3) is 0.457. The summed E-state index contributed by atoms with van der Waals surface area (Å²) in [4.78, 5) is 8.26. The van der Waals surface area contributed by atoms with Crippen molar-refractivity contribution in [3.05, 3.63) is 148 Å². The van der Waals surface area contributed by atoms with Gasteiger partial charge in [0.25, 0.3) is 6.71 Å². The van der Waals surface area contributed by atoms with E-state index in [2.05, 4.69) is 260 Å². The predicted molar refractivity (Wildman–Crippen MR) is 329 cm³/mol. The predicted octanol–water partition coefficient (Wildman–Crippen LogP) is 18.3. The number of nitrogens with zero attached hydrogens (tertiary/aromatic N) is 3. The van der Waals surface area contributed by atoms with Crippen LogP contribution in [0, 0.1) is 0 Å². The molecule has 0 bridgehead atoms. The molecule has 5 aliphatic rings. The molecule has 0 spiro atoms. The van der Waals surface area contributed by atoms with Gasteiger partial charge in [0.1, 0.15) is 0 Å². The monoisotopic (exact) mass is 1010 g/mol. The summed E-state index contributed by atoms with van der Waals surface area (Å²) in [5.41, 5.74) is 23.5. The van der Waals surface area contributed by atoms with Crippen molar-refractivity contribution < 1.29 is 0 Å². The second kappa shape index (κ2) is 16.2. The van der Waals surface area contributed by atoms with Gasteiger partial charge >= 0.3 is 0 Å². The van der Waals surface area contributed by atoms with Crippen molar-refractivity contribution in [2.24, 2.45) is 0 Å². The highest BCUT2D eigenvalue weighted by atomic mass is 32.1. The molecule has 0 amide bonds. The quantitative estimate of drug-likeness (QED) is 0.163. The van der Waals surface area contributed by atoms with Gasteiger partial charge in [-0.1, -0.05) is 179 Å². The number of benzene rings is 6. The molecule has 0 saturated heterocycles. The second-order valence-corrected chi connectivity index (χ2v) is 30.8. The van der Waals surface area contributed by atoms with Gasteiger partial charge in [0.15, 0.2) is 0 Å². The minimum absolute atomic E-state index is 0.0202. The number of fused-ring (bicyclic) bond motifs is 10. The van der Waals surface area contributed by atoms with E-state index in [4.69, 9.17) is 0 Å². The van der Waals surface area contributed by atoms with Crippen molar-refractivity contribution >= 4 is 89.3 Å². The van der Waals surface area contributed by atoms with Crippen LogP contribution in [0.4, 0.5) is 45.5 Å². The molecule has 12 rings (SSSR count). The van der Waals surface area contributed by atoms with Crippen LogP contribution in [0.3, 0.4) is 0 Å². The molecule has 1 fully saturated rings. The van der Waals surface area contributed by atoms with Crippen molar-refractivity contribution in [1.82, 2.24) is 0 Å². The highest BCUT2D eigenvalue weighted by Gasteiger charge is 2.62. The summed E-state index contributed by atoms with van der Waals surface area (Å²) >= 11 is 2.09. The normalized spacial score (nSPS) is 21.4. The first-order valence-corrected chi connectivity index (χ1v) is 29.4. The van der Waals surface area contributed by atoms with Crippen molar-refractivity contribution in [1.29, 1.82) is 0 Å². The Morgan fingerprint density at radius 3 is 1.51 bits per heavy atom. The van der Waals surface area contributed by atoms with Crippen LogP contribution in [0.5, 0.6) is 0 Å². The topological polar surface area (TPSA) is 9.72 Å². The summed E-state index contributed by atoms with van der Waals surface area (Å²) < 4.78 is 2.89. The standard InChI is InChI=1S/C70H84BN3S/c1-63(2,3)43-21-27-47(28-22-43)72(48-29-23-44(24-30-48)64(4,5)6)50-39-56-59-57(40-50)74-61-54(69(17)33-19-20-34-70(69,74)18)37-46(66(10,11)12)38-55(61)71(59)62-60(73(56)49-31-25-45(26-32-49)65(7,8)9)51-41-52-53(42-58(51)75-62)68(15,16)36-35-67(52,13)14/h21-32,37-42H,19-20,33-36H2,1-18H3. The second-order valence-electron chi connectivity index (χ2n) is 29.7. The molecule has 6 aromatic carbocycles. The lowest BCUT2D eigenvalue weighted by atomic mass is 9.36. The van der Waals surface area contributed by atoms with E-state index in [9.17, 15) is 0 Å². The first kappa shape index (κ1) is 50.6. The molecule has 4 heterocycles. The molecular weight excluding hydrogens is 926 g/mol. The van der Waals surface area contributed by atoms with Crippen molar-refractivity contribution in [3.63, 3.8) is 0 Å². The highest BCUT2D eigenvalue weighted by molar-refractivity contribution is 7.33. The first-order valence-electron chi connectivity index (χ1n) is 28.6. The van der Waals surface area contributed by atoms with Crippen LogP contribution in [-0.2, 0) is 37.9 Å². The van der Waals surface area contributed by atoms with E-state index in [-0.39, 0.29) is 50.2 Å². The Labute approximate surface area is 456 Å². The van der Waals surface area contributed by atoms with E-state index < -0.39 is 0 Å². The molecule has 0 radical (unpaired) electrons. The average Bonchev–Trinajstić information content (AvgIpc) is 3.94. The molecule has 2 unspecified atom stereocenters. The van der Waals surface area contributed by atoms with Gasteiger partial charge in [-0.2, -0.15) is 0 Å². The molecule has 3 aliphatic heterocycles. The van der Waals surface area contributed by atoms with Crippen LogP contribution >= 0.6 is 11.3 Å². The van der Waals surface area contributed by atoms with Gasteiger partial charge < -0.3 is 14.7 Å². The molecule has 7 aromatic rings. The third kappa shape index (κ3) is 7.52. The van der Waals surface area contributed by atoms with Gasteiger partial charge in [0.05, 0.1) is 16.9 Å². The van der Waals surface area contributed by atoms with Gasteiger partial charge in [-0.15, -0.1) is 11.3 Å². The number of thiophene rings is 1. The molecule has 388 valence electrons. The first-order chi connectivity index (χ1) is 34.9. The minimum Gasteiger partial charge on any atom is -0.335 e. The Balaban J connectivity index is 1.24. The van der Waals surface area contributed by atoms with Gasteiger partial charge in [-0.3, -0.25) is 0 Å². The van der Waals surface area contributed by atoms with Crippen LogP contribution in [0.15, 0.2) is 109 Å². The van der Waals surface area contributed by atoms with E-state index in [1.807, 2.05) is 0 Å². The third-order valence-electron chi connectivity index (χ3n) is 19.7. The zero-order valence-electron chi connectivity index (χ0n) is 49.0. The smallest absolute Gasteiger partial charge is 0.264 e. The van der Waals surface area contributed by atoms with Crippen molar-refractivity contribution in [3.8, 4) is 0 Å². The maximum absolute atomic E-state index is 2.94. The van der Waals surface area contributed by atoms with Gasteiger partial charge in [0, 0.05) is 54.4 Å². The van der Waals surface area contributed by atoms with E-state index in [0.717, 1.165) is 6.42 Å². The molecule has 5 heteroatoms. The lowest BCUT2D eigenvalue weighted by Gasteiger charge is -2.52. The zero-order chi connectivity index (χ0) is 53.5. The lowest BCUT2D eigenvalue weighted by molar-refractivity contribution is 0.195. The lowest BCUT2D eigenvalue weighted by Crippen LogP contribution is -2.64. The third-order valence-corrected chi connectivity index (χ3v) is 20.9. The molecule has 3 nitrogen and oxygen atoms in total. The van der Waals surface area contributed by atoms with E-state index in [0.29, 0.717) is 0 Å². The maximum Gasteiger partial charge on any atom is 0.264 e. The van der Waals surface area contributed by atoms with Gasteiger partial charge in [-0.05, 0) is 176 Å². The molecular formula is C70H84BN3S. The summed E-state index contributed by atoms with van der Waals surface area (Å²) in [5.74, 6) is 0. The molecule has 2 aliphatic carbocycles. The van der Waals surface area contributed by atoms with Crippen LogP contribution in [-0.4, -0.2) is 12.3 Å². The molecule has 0 N–H and O–H groups in total. The summed E-state index contributed by atoms with van der Waals surface area (Å²) in [6, 6.07) is 44.6. The number of hydrogen-bond acceptors (Lipinski definition) is 4. The molecule has 1 aromatic heterocycles. The fourth-order valence-electron chi connectivity index (χ4n) is 14.5. The Morgan fingerprint density at radius 2 is 0.973 bits per heavy atom. The van der Waals surface area contributed by atoms with Crippen LogP contribution in [0.1, 0.15) is 202 Å². The van der Waals surface area contributed by atoms with Crippen LogP contribution in [0.25, 0.3) is 10.1 Å².